The second kappa shape index (κ2) is 3.91. The molecule has 1 nitrogen and oxygen atoms in total. The van der Waals surface area contributed by atoms with Gasteiger partial charge in [0, 0.05) is 0 Å². The van der Waals surface area contributed by atoms with Crippen LogP contribution in [-0.4, -0.2) is 11.2 Å². The van der Waals surface area contributed by atoms with Gasteiger partial charge in [0.05, 0.1) is 6.10 Å². The Hall–Kier alpha value is -0.300. The largest absolute Gasteiger partial charge is 0.393 e. The number of hydrogen-bond donors (Lipinski definition) is 1. The lowest BCUT2D eigenvalue weighted by molar-refractivity contribution is 0.115. The lowest BCUT2D eigenvalue weighted by Crippen LogP contribution is -2.18. The molecule has 0 aromatic rings. The third-order valence-corrected chi connectivity index (χ3v) is 2.73. The first-order chi connectivity index (χ1) is 5.24. The molecule has 1 N–H and O–H groups in total. The lowest BCUT2D eigenvalue weighted by atomic mass is 9.82. The monoisotopic (exact) mass is 154 g/mol. The Morgan fingerprint density at radius 2 is 1.91 bits per heavy atom. The van der Waals surface area contributed by atoms with Crippen molar-refractivity contribution in [2.75, 3.05) is 0 Å². The van der Waals surface area contributed by atoms with E-state index in [2.05, 4.69) is 13.5 Å². The molecule has 1 aliphatic rings. The van der Waals surface area contributed by atoms with Crippen molar-refractivity contribution in [1.29, 1.82) is 0 Å². The van der Waals surface area contributed by atoms with Crippen molar-refractivity contribution in [3.8, 4) is 0 Å². The molecule has 0 spiro atoms. The molecule has 0 unspecified atom stereocenters. The van der Waals surface area contributed by atoms with Crippen molar-refractivity contribution in [3.63, 3.8) is 0 Å². The summed E-state index contributed by atoms with van der Waals surface area (Å²) in [7, 11) is 0. The fraction of sp³-hybridized carbons (Fsp3) is 0.800. The van der Waals surface area contributed by atoms with E-state index in [1.807, 2.05) is 0 Å². The highest BCUT2D eigenvalue weighted by Gasteiger charge is 2.20. The van der Waals surface area contributed by atoms with Gasteiger partial charge in [-0.3, -0.25) is 0 Å². The number of aliphatic hydroxyl groups is 1. The van der Waals surface area contributed by atoms with Crippen molar-refractivity contribution in [3.05, 3.63) is 12.2 Å². The van der Waals surface area contributed by atoms with E-state index in [-0.39, 0.29) is 6.10 Å². The van der Waals surface area contributed by atoms with Gasteiger partial charge in [-0.15, -0.1) is 0 Å². The highest BCUT2D eigenvalue weighted by atomic mass is 16.3. The molecule has 0 amide bonds. The predicted molar refractivity (Wildman–Crippen MR) is 47.4 cm³/mol. The molecule has 0 radical (unpaired) electrons. The van der Waals surface area contributed by atoms with Gasteiger partial charge < -0.3 is 5.11 Å². The van der Waals surface area contributed by atoms with Gasteiger partial charge in [-0.05, 0) is 38.0 Å². The molecular formula is C10H18O. The molecule has 11 heavy (non-hydrogen) atoms. The molecule has 0 aromatic heterocycles. The summed E-state index contributed by atoms with van der Waals surface area (Å²) in [4.78, 5) is 0. The van der Waals surface area contributed by atoms with Crippen molar-refractivity contribution < 1.29 is 5.11 Å². The number of aliphatic hydroxyl groups excluding tert-OH is 1. The molecule has 0 saturated heterocycles. The zero-order chi connectivity index (χ0) is 8.27. The van der Waals surface area contributed by atoms with Crippen LogP contribution in [0.15, 0.2) is 12.2 Å². The maximum atomic E-state index is 9.25. The van der Waals surface area contributed by atoms with E-state index in [0.29, 0.717) is 5.92 Å². The summed E-state index contributed by atoms with van der Waals surface area (Å²) in [6.45, 7) is 6.20. The summed E-state index contributed by atoms with van der Waals surface area (Å²) >= 11 is 0. The average molecular weight is 154 g/mol. The van der Waals surface area contributed by atoms with Gasteiger partial charge in [-0.2, -0.15) is 0 Å². The van der Waals surface area contributed by atoms with E-state index in [9.17, 15) is 5.11 Å². The van der Waals surface area contributed by atoms with E-state index < -0.39 is 0 Å². The van der Waals surface area contributed by atoms with Crippen molar-refractivity contribution in [2.24, 2.45) is 5.92 Å². The Kier molecular flexibility index (Phi) is 3.13. The summed E-state index contributed by atoms with van der Waals surface area (Å²) < 4.78 is 0. The Labute approximate surface area is 69.1 Å². The van der Waals surface area contributed by atoms with Crippen LogP contribution in [-0.2, 0) is 0 Å². The van der Waals surface area contributed by atoms with Crippen LogP contribution in [0.25, 0.3) is 0 Å². The summed E-state index contributed by atoms with van der Waals surface area (Å²) in [5.74, 6) is 0.698. The minimum atomic E-state index is -0.0316. The number of hydrogen-bond acceptors (Lipinski definition) is 1. The van der Waals surface area contributed by atoms with Gasteiger partial charge in [0.1, 0.15) is 0 Å². The second-order valence-corrected chi connectivity index (χ2v) is 3.52. The number of allylic oxidation sites excluding steroid dienone is 1. The molecular weight excluding hydrogens is 136 g/mol. The van der Waals surface area contributed by atoms with Gasteiger partial charge in [-0.25, -0.2) is 0 Å². The molecule has 1 rings (SSSR count). The smallest absolute Gasteiger partial charge is 0.0540 e. The summed E-state index contributed by atoms with van der Waals surface area (Å²) in [6.07, 6.45) is 5.31. The topological polar surface area (TPSA) is 20.2 Å². The Balaban J connectivity index is 2.33. The summed E-state index contributed by atoms with van der Waals surface area (Å²) in [6, 6.07) is 0. The second-order valence-electron chi connectivity index (χ2n) is 3.52. The Morgan fingerprint density at radius 3 is 2.36 bits per heavy atom. The van der Waals surface area contributed by atoms with Crippen molar-refractivity contribution in [2.45, 2.75) is 45.1 Å². The highest BCUT2D eigenvalue weighted by molar-refractivity contribution is 5.01. The standard InChI is InChI=1S/C10H18O/c1-3-8(2)9-4-6-10(11)7-5-9/h9-11H,2-7H2,1H3. The predicted octanol–water partition coefficient (Wildman–Crippen LogP) is 2.50. The SMILES string of the molecule is C=C(CC)C1CCC(O)CC1. The fourth-order valence-corrected chi connectivity index (χ4v) is 1.77. The maximum absolute atomic E-state index is 9.25. The summed E-state index contributed by atoms with van der Waals surface area (Å²) in [5.41, 5.74) is 1.37. The molecule has 0 bridgehead atoms. The van der Waals surface area contributed by atoms with Gasteiger partial charge in [0.25, 0.3) is 0 Å². The third kappa shape index (κ3) is 2.33. The summed E-state index contributed by atoms with van der Waals surface area (Å²) in [5, 5.41) is 9.25. The van der Waals surface area contributed by atoms with Crippen LogP contribution in [0.2, 0.25) is 0 Å². The highest BCUT2D eigenvalue weighted by Crippen LogP contribution is 2.30. The van der Waals surface area contributed by atoms with Crippen LogP contribution in [0, 0.1) is 5.92 Å². The Bertz CT molecular complexity index is 132. The van der Waals surface area contributed by atoms with Gasteiger partial charge in [0.2, 0.25) is 0 Å². The van der Waals surface area contributed by atoms with Crippen LogP contribution < -0.4 is 0 Å². The van der Waals surface area contributed by atoms with E-state index in [1.54, 1.807) is 0 Å². The molecule has 0 atom stereocenters. The fourth-order valence-electron chi connectivity index (χ4n) is 1.77. The quantitative estimate of drug-likeness (QED) is 0.606. The molecule has 0 aromatic carbocycles. The van der Waals surface area contributed by atoms with Crippen LogP contribution in [0.1, 0.15) is 39.0 Å². The molecule has 0 heterocycles. The normalized spacial score (nSPS) is 31.8. The lowest BCUT2D eigenvalue weighted by Gasteiger charge is -2.26. The first kappa shape index (κ1) is 8.79. The molecule has 1 fully saturated rings. The molecule has 0 aliphatic heterocycles. The Morgan fingerprint density at radius 1 is 1.36 bits per heavy atom. The van der Waals surface area contributed by atoms with Crippen molar-refractivity contribution >= 4 is 0 Å². The van der Waals surface area contributed by atoms with Gasteiger partial charge in [-0.1, -0.05) is 19.1 Å². The maximum Gasteiger partial charge on any atom is 0.0540 e. The molecule has 64 valence electrons. The van der Waals surface area contributed by atoms with Crippen LogP contribution in [0.3, 0.4) is 0 Å². The molecule has 1 aliphatic carbocycles. The third-order valence-electron chi connectivity index (χ3n) is 2.73. The minimum absolute atomic E-state index is 0.0316. The number of rotatable bonds is 2. The minimum Gasteiger partial charge on any atom is -0.393 e. The zero-order valence-corrected chi connectivity index (χ0v) is 7.34. The van der Waals surface area contributed by atoms with E-state index in [1.165, 1.54) is 5.57 Å². The van der Waals surface area contributed by atoms with Gasteiger partial charge in [0.15, 0.2) is 0 Å². The van der Waals surface area contributed by atoms with E-state index >= 15 is 0 Å². The van der Waals surface area contributed by atoms with E-state index in [0.717, 1.165) is 32.1 Å². The van der Waals surface area contributed by atoms with Crippen LogP contribution in [0.5, 0.6) is 0 Å². The average Bonchev–Trinajstić information content (AvgIpc) is 2.05. The first-order valence-electron chi connectivity index (χ1n) is 4.59. The first-order valence-corrected chi connectivity index (χ1v) is 4.59. The molecule has 1 heteroatoms. The van der Waals surface area contributed by atoms with Gasteiger partial charge >= 0.3 is 0 Å². The molecule has 1 saturated carbocycles. The van der Waals surface area contributed by atoms with E-state index in [4.69, 9.17) is 0 Å². The van der Waals surface area contributed by atoms with Crippen LogP contribution >= 0.6 is 0 Å². The van der Waals surface area contributed by atoms with Crippen molar-refractivity contribution in [1.82, 2.24) is 0 Å². The van der Waals surface area contributed by atoms with Crippen LogP contribution in [0.4, 0.5) is 0 Å². The zero-order valence-electron chi connectivity index (χ0n) is 7.34.